The fraction of sp³-hybridized carbons (Fsp3) is 0.111. The van der Waals surface area contributed by atoms with E-state index in [1.807, 2.05) is 0 Å². The molecule has 0 saturated heterocycles. The topological polar surface area (TPSA) is 36.7 Å². The quantitative estimate of drug-likeness (QED) is 0.650. The molecule has 0 fully saturated rings. The molecule has 0 N–H and O–H groups in total. The molecular formula is C9H5F3N2. The lowest BCUT2D eigenvalue weighted by Crippen LogP contribution is -2.05. The maximum Gasteiger partial charge on any atom is 0.417 e. The molecule has 0 aromatic carbocycles. The van der Waals surface area contributed by atoms with Crippen molar-refractivity contribution >= 4 is 6.08 Å². The van der Waals surface area contributed by atoms with Crippen LogP contribution >= 0.6 is 0 Å². The number of nitrogens with zero attached hydrogens (tertiary/aromatic N) is 2. The number of nitriles is 1. The van der Waals surface area contributed by atoms with Crippen LogP contribution in [0.5, 0.6) is 0 Å². The monoisotopic (exact) mass is 198 g/mol. The lowest BCUT2D eigenvalue weighted by atomic mass is 10.2. The number of hydrogen-bond acceptors (Lipinski definition) is 2. The Bertz CT molecular complexity index is 388. The van der Waals surface area contributed by atoms with Gasteiger partial charge in [0.2, 0.25) is 0 Å². The van der Waals surface area contributed by atoms with Crippen LogP contribution in [-0.4, -0.2) is 4.98 Å². The van der Waals surface area contributed by atoms with Crippen LogP contribution < -0.4 is 0 Å². The van der Waals surface area contributed by atoms with E-state index in [0.29, 0.717) is 0 Å². The second kappa shape index (κ2) is 3.92. The van der Waals surface area contributed by atoms with Gasteiger partial charge < -0.3 is 0 Å². The zero-order valence-corrected chi connectivity index (χ0v) is 6.92. The minimum absolute atomic E-state index is 0.251. The van der Waals surface area contributed by atoms with Crippen molar-refractivity contribution in [3.8, 4) is 6.07 Å². The second-order valence-corrected chi connectivity index (χ2v) is 2.47. The van der Waals surface area contributed by atoms with Gasteiger partial charge in [-0.2, -0.15) is 18.4 Å². The number of allylic oxidation sites excluding steroid dienone is 1. The minimum Gasteiger partial charge on any atom is -0.263 e. The fourth-order valence-electron chi connectivity index (χ4n) is 0.837. The van der Waals surface area contributed by atoms with E-state index in [1.54, 1.807) is 6.07 Å². The summed E-state index contributed by atoms with van der Waals surface area (Å²) in [5.41, 5.74) is -0.570. The van der Waals surface area contributed by atoms with E-state index in [0.717, 1.165) is 18.3 Å². The average Bonchev–Trinajstić information content (AvgIpc) is 2.14. The largest absolute Gasteiger partial charge is 0.417 e. The van der Waals surface area contributed by atoms with Gasteiger partial charge in [-0.05, 0) is 17.7 Å². The Morgan fingerprint density at radius 3 is 2.64 bits per heavy atom. The summed E-state index contributed by atoms with van der Waals surface area (Å²) in [7, 11) is 0. The summed E-state index contributed by atoms with van der Waals surface area (Å²) in [5, 5.41) is 8.18. The molecule has 0 bridgehead atoms. The fourth-order valence-corrected chi connectivity index (χ4v) is 0.837. The van der Waals surface area contributed by atoms with Crippen LogP contribution in [0.25, 0.3) is 6.08 Å². The standard InChI is InChI=1S/C9H5F3N2/c10-9(11,12)8-4-7(2-1-3-13)5-14-6-8/h1-2,4-6H. The van der Waals surface area contributed by atoms with E-state index in [1.165, 1.54) is 12.3 Å². The van der Waals surface area contributed by atoms with E-state index in [2.05, 4.69) is 4.98 Å². The number of hydrogen-bond donors (Lipinski definition) is 0. The number of alkyl halides is 3. The van der Waals surface area contributed by atoms with Crippen LogP contribution in [0.15, 0.2) is 24.5 Å². The first-order valence-corrected chi connectivity index (χ1v) is 3.62. The maximum absolute atomic E-state index is 12.2. The molecule has 0 aliphatic carbocycles. The van der Waals surface area contributed by atoms with Gasteiger partial charge in [-0.25, -0.2) is 0 Å². The zero-order chi connectivity index (χ0) is 10.6. The molecule has 1 aromatic rings. The summed E-state index contributed by atoms with van der Waals surface area (Å²) in [5.74, 6) is 0. The summed E-state index contributed by atoms with van der Waals surface area (Å²) in [6.07, 6.45) is -0.0459. The molecule has 0 aliphatic rings. The number of aromatic nitrogens is 1. The Balaban J connectivity index is 3.03. The SMILES string of the molecule is N#CC=Cc1cncc(C(F)(F)F)c1. The van der Waals surface area contributed by atoms with Crippen LogP contribution in [-0.2, 0) is 6.18 Å². The summed E-state index contributed by atoms with van der Waals surface area (Å²) >= 11 is 0. The Kier molecular flexibility index (Phi) is 2.87. The summed E-state index contributed by atoms with van der Waals surface area (Å²) in [6, 6.07) is 2.62. The van der Waals surface area contributed by atoms with Crippen molar-refractivity contribution in [3.05, 3.63) is 35.7 Å². The molecule has 5 heteroatoms. The second-order valence-electron chi connectivity index (χ2n) is 2.47. The van der Waals surface area contributed by atoms with Crippen molar-refractivity contribution < 1.29 is 13.2 Å². The van der Waals surface area contributed by atoms with Crippen LogP contribution in [0.4, 0.5) is 13.2 Å². The van der Waals surface area contributed by atoms with Gasteiger partial charge in [-0.15, -0.1) is 0 Å². The Hall–Kier alpha value is -1.83. The molecule has 0 atom stereocenters. The average molecular weight is 198 g/mol. The van der Waals surface area contributed by atoms with Crippen molar-refractivity contribution in [3.63, 3.8) is 0 Å². The van der Waals surface area contributed by atoms with Gasteiger partial charge >= 0.3 is 6.18 Å². The van der Waals surface area contributed by atoms with E-state index >= 15 is 0 Å². The van der Waals surface area contributed by atoms with Crippen molar-refractivity contribution in [1.82, 2.24) is 4.98 Å². The van der Waals surface area contributed by atoms with Gasteiger partial charge in [-0.1, -0.05) is 0 Å². The molecule has 1 aromatic heterocycles. The molecule has 2 nitrogen and oxygen atoms in total. The molecule has 1 rings (SSSR count). The Labute approximate surface area is 78.3 Å². The number of rotatable bonds is 1. The first-order chi connectivity index (χ1) is 6.54. The summed E-state index contributed by atoms with van der Waals surface area (Å²) in [6.45, 7) is 0. The van der Waals surface area contributed by atoms with Crippen molar-refractivity contribution in [2.75, 3.05) is 0 Å². The smallest absolute Gasteiger partial charge is 0.263 e. The molecule has 72 valence electrons. The predicted octanol–water partition coefficient (Wildman–Crippen LogP) is 2.64. The third kappa shape index (κ3) is 2.59. The summed E-state index contributed by atoms with van der Waals surface area (Å²) < 4.78 is 36.5. The molecule has 1 heterocycles. The highest BCUT2D eigenvalue weighted by Gasteiger charge is 2.30. The molecule has 0 radical (unpaired) electrons. The Morgan fingerprint density at radius 2 is 2.07 bits per heavy atom. The zero-order valence-electron chi connectivity index (χ0n) is 6.92. The first kappa shape index (κ1) is 10.3. The van der Waals surface area contributed by atoms with Crippen molar-refractivity contribution in [1.29, 1.82) is 5.26 Å². The van der Waals surface area contributed by atoms with Gasteiger partial charge in [0.1, 0.15) is 0 Å². The first-order valence-electron chi connectivity index (χ1n) is 3.62. The van der Waals surface area contributed by atoms with E-state index in [-0.39, 0.29) is 5.56 Å². The molecule has 0 amide bonds. The maximum atomic E-state index is 12.2. The van der Waals surface area contributed by atoms with Crippen molar-refractivity contribution in [2.45, 2.75) is 6.18 Å². The molecule has 0 unspecified atom stereocenters. The van der Waals surface area contributed by atoms with Crippen LogP contribution in [0, 0.1) is 11.3 Å². The van der Waals surface area contributed by atoms with Gasteiger partial charge in [0.25, 0.3) is 0 Å². The van der Waals surface area contributed by atoms with Gasteiger partial charge in [0.15, 0.2) is 0 Å². The highest BCUT2D eigenvalue weighted by molar-refractivity contribution is 5.51. The minimum atomic E-state index is -4.40. The highest BCUT2D eigenvalue weighted by Crippen LogP contribution is 2.28. The molecule has 0 saturated carbocycles. The molecule has 0 spiro atoms. The van der Waals surface area contributed by atoms with Gasteiger partial charge in [0, 0.05) is 18.5 Å². The third-order valence-corrected chi connectivity index (χ3v) is 1.44. The van der Waals surface area contributed by atoms with Gasteiger partial charge in [0.05, 0.1) is 11.6 Å². The van der Waals surface area contributed by atoms with E-state index in [4.69, 9.17) is 5.26 Å². The van der Waals surface area contributed by atoms with E-state index < -0.39 is 11.7 Å². The van der Waals surface area contributed by atoms with Crippen LogP contribution in [0.1, 0.15) is 11.1 Å². The lowest BCUT2D eigenvalue weighted by Gasteiger charge is -2.05. The lowest BCUT2D eigenvalue weighted by molar-refractivity contribution is -0.137. The highest BCUT2D eigenvalue weighted by atomic mass is 19.4. The van der Waals surface area contributed by atoms with Crippen LogP contribution in [0.3, 0.4) is 0 Å². The molecule has 0 aliphatic heterocycles. The molecular weight excluding hydrogens is 193 g/mol. The Morgan fingerprint density at radius 1 is 1.36 bits per heavy atom. The molecule has 14 heavy (non-hydrogen) atoms. The number of halogens is 3. The predicted molar refractivity (Wildman–Crippen MR) is 43.9 cm³/mol. The van der Waals surface area contributed by atoms with E-state index in [9.17, 15) is 13.2 Å². The normalized spacial score (nSPS) is 11.6. The summed E-state index contributed by atoms with van der Waals surface area (Å²) in [4.78, 5) is 3.42. The number of pyridine rings is 1. The van der Waals surface area contributed by atoms with Crippen molar-refractivity contribution in [2.24, 2.45) is 0 Å². The van der Waals surface area contributed by atoms with Gasteiger partial charge in [-0.3, -0.25) is 4.98 Å². The van der Waals surface area contributed by atoms with Crippen LogP contribution in [0.2, 0.25) is 0 Å². The third-order valence-electron chi connectivity index (χ3n) is 1.44.